The molecule has 0 bridgehead atoms. The first-order chi connectivity index (χ1) is 18.1. The lowest BCUT2D eigenvalue weighted by atomic mass is 9.79. The number of sulfone groups is 1. The van der Waals surface area contributed by atoms with E-state index in [1.807, 2.05) is 47.6 Å². The van der Waals surface area contributed by atoms with Gasteiger partial charge in [0.2, 0.25) is 5.88 Å². The number of carbonyl (C=O) groups excluding carboxylic acids is 1. The number of rotatable bonds is 9. The van der Waals surface area contributed by atoms with Gasteiger partial charge in [0.15, 0.2) is 0 Å². The van der Waals surface area contributed by atoms with Crippen LogP contribution in [-0.4, -0.2) is 53.6 Å². The van der Waals surface area contributed by atoms with Gasteiger partial charge < -0.3 is 20.5 Å². The number of pyridine rings is 3. The van der Waals surface area contributed by atoms with E-state index in [4.69, 9.17) is 20.2 Å². The summed E-state index contributed by atoms with van der Waals surface area (Å²) in [6, 6.07) is 5.32. The zero-order valence-electron chi connectivity index (χ0n) is 23.5. The van der Waals surface area contributed by atoms with Crippen molar-refractivity contribution in [3.05, 3.63) is 47.4 Å². The van der Waals surface area contributed by atoms with Gasteiger partial charge in [0.25, 0.3) is 0 Å². The summed E-state index contributed by atoms with van der Waals surface area (Å²) in [4.78, 5) is 26.3. The second-order valence-electron chi connectivity index (χ2n) is 11.2. The van der Waals surface area contributed by atoms with Crippen LogP contribution in [0.5, 0.6) is 5.88 Å². The maximum absolute atomic E-state index is 12.4. The number of fused-ring (bicyclic) bond motifs is 2. The largest absolute Gasteiger partial charge is 0.474 e. The molecule has 3 atom stereocenters. The lowest BCUT2D eigenvalue weighted by Crippen LogP contribution is -2.42. The summed E-state index contributed by atoms with van der Waals surface area (Å²) in [6.45, 7) is 11.6. The Balaban J connectivity index is 1.72. The Hall–Kier alpha value is -3.31. The quantitative estimate of drug-likeness (QED) is 0.364. The number of carbonyl (C=O) groups is 1. The molecule has 1 unspecified atom stereocenters. The SMILES string of the molecule is CCC(C)(N)c1cnc(O[C@@H](C)CCS(C)(=O)=O)c2cnc(Nc3ccc4c(n3)C(C)(C)[C@@H](C)OC4=O)cc12. The van der Waals surface area contributed by atoms with Crippen LogP contribution in [0.1, 0.15) is 76.0 Å². The van der Waals surface area contributed by atoms with Gasteiger partial charge in [0.05, 0.1) is 28.5 Å². The first-order valence-corrected chi connectivity index (χ1v) is 15.1. The average molecular weight is 556 g/mol. The molecule has 10 nitrogen and oxygen atoms in total. The van der Waals surface area contributed by atoms with Crippen LogP contribution in [0.4, 0.5) is 11.6 Å². The molecule has 0 spiro atoms. The fraction of sp³-hybridized carbons (Fsp3) is 0.500. The lowest BCUT2D eigenvalue weighted by Gasteiger charge is -2.36. The molecule has 3 aromatic heterocycles. The lowest BCUT2D eigenvalue weighted by molar-refractivity contribution is 0.00864. The van der Waals surface area contributed by atoms with Crippen LogP contribution in [0.25, 0.3) is 10.8 Å². The first kappa shape index (κ1) is 28.7. The minimum Gasteiger partial charge on any atom is -0.474 e. The van der Waals surface area contributed by atoms with Crippen molar-refractivity contribution >= 4 is 38.2 Å². The van der Waals surface area contributed by atoms with Gasteiger partial charge in [0, 0.05) is 29.6 Å². The molecule has 3 aromatic rings. The van der Waals surface area contributed by atoms with Crippen molar-refractivity contribution in [2.75, 3.05) is 17.3 Å². The van der Waals surface area contributed by atoms with Gasteiger partial charge in [-0.1, -0.05) is 20.8 Å². The molecule has 0 saturated heterocycles. The van der Waals surface area contributed by atoms with Gasteiger partial charge in [-0.15, -0.1) is 0 Å². The Morgan fingerprint density at radius 3 is 2.59 bits per heavy atom. The Kier molecular flexibility index (Phi) is 7.61. The molecule has 11 heteroatoms. The van der Waals surface area contributed by atoms with Gasteiger partial charge >= 0.3 is 5.97 Å². The Bertz CT molecular complexity index is 1520. The number of aromatic nitrogens is 3. The van der Waals surface area contributed by atoms with Gasteiger partial charge in [-0.05, 0) is 62.8 Å². The molecule has 4 heterocycles. The van der Waals surface area contributed by atoms with Crippen molar-refractivity contribution in [1.82, 2.24) is 15.0 Å². The van der Waals surface area contributed by atoms with E-state index in [1.54, 1.807) is 24.5 Å². The summed E-state index contributed by atoms with van der Waals surface area (Å²) in [5.41, 5.74) is 7.48. The number of nitrogens with one attached hydrogen (secondary N) is 1. The van der Waals surface area contributed by atoms with Crippen molar-refractivity contribution in [2.24, 2.45) is 5.73 Å². The second kappa shape index (κ2) is 10.3. The molecule has 0 aliphatic carbocycles. The first-order valence-electron chi connectivity index (χ1n) is 13.0. The van der Waals surface area contributed by atoms with E-state index in [0.717, 1.165) is 10.9 Å². The highest BCUT2D eigenvalue weighted by Gasteiger charge is 2.41. The zero-order valence-corrected chi connectivity index (χ0v) is 24.3. The third-order valence-corrected chi connectivity index (χ3v) is 8.55. The van der Waals surface area contributed by atoms with Crippen molar-refractivity contribution in [1.29, 1.82) is 0 Å². The van der Waals surface area contributed by atoms with E-state index in [2.05, 4.69) is 15.3 Å². The van der Waals surface area contributed by atoms with E-state index >= 15 is 0 Å². The molecule has 0 fully saturated rings. The summed E-state index contributed by atoms with van der Waals surface area (Å²) < 4.78 is 34.7. The fourth-order valence-electron chi connectivity index (χ4n) is 4.43. The average Bonchev–Trinajstić information content (AvgIpc) is 2.86. The molecule has 4 rings (SSSR count). The van der Waals surface area contributed by atoms with Crippen LogP contribution in [0.15, 0.2) is 30.6 Å². The van der Waals surface area contributed by atoms with Crippen LogP contribution in [0.2, 0.25) is 0 Å². The number of anilines is 2. The van der Waals surface area contributed by atoms with Gasteiger partial charge in [-0.3, -0.25) is 0 Å². The Labute approximate surface area is 229 Å². The van der Waals surface area contributed by atoms with Crippen molar-refractivity contribution in [3.8, 4) is 5.88 Å². The summed E-state index contributed by atoms with van der Waals surface area (Å²) in [6.07, 6.45) is 4.91. The molecular weight excluding hydrogens is 518 g/mol. The minimum atomic E-state index is -3.11. The second-order valence-corrected chi connectivity index (χ2v) is 13.5. The van der Waals surface area contributed by atoms with Crippen LogP contribution >= 0.6 is 0 Å². The summed E-state index contributed by atoms with van der Waals surface area (Å²) in [5, 5.41) is 4.75. The smallest absolute Gasteiger partial charge is 0.340 e. The number of hydrogen-bond donors (Lipinski definition) is 2. The van der Waals surface area contributed by atoms with Gasteiger partial charge in [0.1, 0.15) is 27.6 Å². The Morgan fingerprint density at radius 2 is 1.92 bits per heavy atom. The van der Waals surface area contributed by atoms with Crippen LogP contribution in [0.3, 0.4) is 0 Å². The normalized spacial score (nSPS) is 19.1. The number of ether oxygens (including phenoxy) is 2. The summed E-state index contributed by atoms with van der Waals surface area (Å²) >= 11 is 0. The highest BCUT2D eigenvalue weighted by Crippen LogP contribution is 2.37. The fourth-order valence-corrected chi connectivity index (χ4v) is 5.19. The zero-order chi connectivity index (χ0) is 28.8. The van der Waals surface area contributed by atoms with Crippen LogP contribution in [0, 0.1) is 0 Å². The molecule has 0 amide bonds. The van der Waals surface area contributed by atoms with Crippen molar-refractivity contribution < 1.29 is 22.7 Å². The van der Waals surface area contributed by atoms with E-state index < -0.39 is 20.8 Å². The number of nitrogens with zero attached hydrogens (tertiary/aromatic N) is 3. The monoisotopic (exact) mass is 555 g/mol. The van der Waals surface area contributed by atoms with Crippen LogP contribution < -0.4 is 15.8 Å². The van der Waals surface area contributed by atoms with E-state index in [0.29, 0.717) is 47.0 Å². The third-order valence-electron chi connectivity index (χ3n) is 7.57. The maximum atomic E-state index is 12.4. The summed E-state index contributed by atoms with van der Waals surface area (Å²) in [7, 11) is -3.11. The molecule has 39 heavy (non-hydrogen) atoms. The van der Waals surface area contributed by atoms with E-state index in [1.165, 1.54) is 6.26 Å². The van der Waals surface area contributed by atoms with Crippen LogP contribution in [-0.2, 0) is 25.5 Å². The molecular formula is C28H37N5O5S. The highest BCUT2D eigenvalue weighted by atomic mass is 32.2. The molecule has 0 aromatic carbocycles. The Morgan fingerprint density at radius 1 is 1.21 bits per heavy atom. The molecule has 0 saturated carbocycles. The van der Waals surface area contributed by atoms with E-state index in [-0.39, 0.29) is 23.9 Å². The van der Waals surface area contributed by atoms with Crippen molar-refractivity contribution in [2.45, 2.75) is 77.5 Å². The number of esters is 1. The summed E-state index contributed by atoms with van der Waals surface area (Å²) in [5.74, 6) is 1.09. The molecule has 1 aliphatic heterocycles. The third kappa shape index (κ3) is 5.99. The van der Waals surface area contributed by atoms with E-state index in [9.17, 15) is 13.2 Å². The minimum absolute atomic E-state index is 0.0221. The van der Waals surface area contributed by atoms with Crippen molar-refractivity contribution in [3.63, 3.8) is 0 Å². The molecule has 210 valence electrons. The standard InChI is InChI=1S/C28H37N5O5S/c1-8-28(6,29)21-15-31-25(37-16(2)11-12-39(7,35)36)20-14-30-23(13-19(20)21)32-22-10-9-18-24(33-22)27(4,5)17(3)38-26(18)34/h9-10,13-17H,8,11-12,29H2,1-7H3,(H,30,32,33)/t16-,17+,28?/m0/s1. The number of nitrogens with two attached hydrogens (primary N) is 1. The number of hydrogen-bond acceptors (Lipinski definition) is 10. The topological polar surface area (TPSA) is 146 Å². The van der Waals surface area contributed by atoms with Gasteiger partial charge in [-0.25, -0.2) is 28.2 Å². The maximum Gasteiger partial charge on any atom is 0.340 e. The predicted molar refractivity (Wildman–Crippen MR) is 151 cm³/mol. The molecule has 1 aliphatic rings. The highest BCUT2D eigenvalue weighted by molar-refractivity contribution is 7.90. The molecule has 3 N–H and O–H groups in total. The molecule has 0 radical (unpaired) electrons. The number of cyclic esters (lactones) is 1. The van der Waals surface area contributed by atoms with Gasteiger partial charge in [-0.2, -0.15) is 0 Å². The predicted octanol–water partition coefficient (Wildman–Crippen LogP) is 4.39.